The first kappa shape index (κ1) is 23.7. The van der Waals surface area contributed by atoms with Crippen molar-refractivity contribution < 1.29 is 17.9 Å². The lowest BCUT2D eigenvalue weighted by Crippen LogP contribution is -2.15. The third kappa shape index (κ3) is 6.51. The number of ether oxygens (including phenoxy) is 1. The number of amides is 1. The smallest absolute Gasteiger partial charge is 0.262 e. The molecule has 0 aliphatic rings. The predicted octanol–water partition coefficient (Wildman–Crippen LogP) is 4.98. The molecule has 1 amide bonds. The molecule has 0 saturated heterocycles. The van der Waals surface area contributed by atoms with Crippen LogP contribution in [0.4, 0.5) is 11.4 Å². The SMILES string of the molecule is COc1ccc(C)cc1NS(=O)(=O)c1ccc(NC(=O)CSCc2ccc(C)cc2)cc1. The van der Waals surface area contributed by atoms with E-state index >= 15 is 0 Å². The standard InChI is InChI=1S/C24H26N2O4S2/c1-17-4-7-19(8-5-17)15-31-16-24(27)25-20-9-11-21(12-10-20)32(28,29)26-22-14-18(2)6-13-23(22)30-3/h4-14,26H,15-16H2,1-3H3,(H,25,27). The molecule has 0 atom stereocenters. The normalized spacial score (nSPS) is 11.1. The van der Waals surface area contributed by atoms with Crippen molar-refractivity contribution in [2.45, 2.75) is 24.5 Å². The zero-order valence-corrected chi connectivity index (χ0v) is 19.8. The van der Waals surface area contributed by atoms with E-state index in [1.165, 1.54) is 42.1 Å². The number of carbonyl (C=O) groups excluding carboxylic acids is 1. The molecule has 0 aliphatic carbocycles. The molecule has 3 aromatic carbocycles. The van der Waals surface area contributed by atoms with Gasteiger partial charge in [-0.05, 0) is 61.4 Å². The van der Waals surface area contributed by atoms with Crippen molar-refractivity contribution in [2.24, 2.45) is 0 Å². The van der Waals surface area contributed by atoms with Crippen LogP contribution in [0.15, 0.2) is 71.6 Å². The largest absolute Gasteiger partial charge is 0.495 e. The van der Waals surface area contributed by atoms with Crippen LogP contribution in [0.2, 0.25) is 0 Å². The Hall–Kier alpha value is -2.97. The summed E-state index contributed by atoms with van der Waals surface area (Å²) in [5.41, 5.74) is 4.19. The van der Waals surface area contributed by atoms with Crippen LogP contribution in [-0.2, 0) is 20.6 Å². The van der Waals surface area contributed by atoms with Crippen molar-refractivity contribution in [3.05, 3.63) is 83.4 Å². The molecule has 168 valence electrons. The van der Waals surface area contributed by atoms with Crippen molar-refractivity contribution >= 4 is 39.1 Å². The number of anilines is 2. The minimum Gasteiger partial charge on any atom is -0.495 e. The fourth-order valence-electron chi connectivity index (χ4n) is 2.97. The predicted molar refractivity (Wildman–Crippen MR) is 131 cm³/mol. The van der Waals surface area contributed by atoms with E-state index in [2.05, 4.69) is 34.3 Å². The Bertz CT molecular complexity index is 1180. The Kier molecular flexibility index (Phi) is 7.82. The van der Waals surface area contributed by atoms with E-state index in [-0.39, 0.29) is 10.8 Å². The lowest BCUT2D eigenvalue weighted by Gasteiger charge is -2.13. The maximum absolute atomic E-state index is 12.8. The molecule has 3 aromatic rings. The van der Waals surface area contributed by atoms with Crippen LogP contribution in [0, 0.1) is 13.8 Å². The van der Waals surface area contributed by atoms with Gasteiger partial charge in [0.1, 0.15) is 5.75 Å². The molecule has 0 aliphatic heterocycles. The van der Waals surface area contributed by atoms with E-state index in [0.717, 1.165) is 11.3 Å². The molecule has 8 heteroatoms. The second-order valence-corrected chi connectivity index (χ2v) is 10.0. The first-order chi connectivity index (χ1) is 15.3. The summed E-state index contributed by atoms with van der Waals surface area (Å²) >= 11 is 1.52. The summed E-state index contributed by atoms with van der Waals surface area (Å²) in [6.07, 6.45) is 0. The summed E-state index contributed by atoms with van der Waals surface area (Å²) in [6.45, 7) is 3.91. The monoisotopic (exact) mass is 470 g/mol. The molecule has 0 saturated carbocycles. The van der Waals surface area contributed by atoms with Gasteiger partial charge in [0, 0.05) is 11.4 Å². The van der Waals surface area contributed by atoms with Crippen LogP contribution < -0.4 is 14.8 Å². The van der Waals surface area contributed by atoms with Crippen LogP contribution >= 0.6 is 11.8 Å². The number of thioether (sulfide) groups is 1. The summed E-state index contributed by atoms with van der Waals surface area (Å²) in [4.78, 5) is 12.3. The number of sulfonamides is 1. The fourth-order valence-corrected chi connectivity index (χ4v) is 4.81. The second-order valence-electron chi connectivity index (χ2n) is 7.36. The molecule has 2 N–H and O–H groups in total. The number of methoxy groups -OCH3 is 1. The van der Waals surface area contributed by atoms with Crippen molar-refractivity contribution in [3.8, 4) is 5.75 Å². The first-order valence-corrected chi connectivity index (χ1v) is 12.6. The van der Waals surface area contributed by atoms with Crippen molar-refractivity contribution in [2.75, 3.05) is 22.9 Å². The van der Waals surface area contributed by atoms with Gasteiger partial charge < -0.3 is 10.1 Å². The topological polar surface area (TPSA) is 84.5 Å². The van der Waals surface area contributed by atoms with Gasteiger partial charge in [0.15, 0.2) is 0 Å². The van der Waals surface area contributed by atoms with Crippen molar-refractivity contribution in [1.82, 2.24) is 0 Å². The van der Waals surface area contributed by atoms with Gasteiger partial charge in [0.05, 0.1) is 23.4 Å². The van der Waals surface area contributed by atoms with Crippen LogP contribution in [0.3, 0.4) is 0 Å². The Labute approximate surface area is 193 Å². The number of aryl methyl sites for hydroxylation is 2. The number of hydrogen-bond donors (Lipinski definition) is 2. The first-order valence-electron chi connectivity index (χ1n) is 9.97. The van der Waals surface area contributed by atoms with Gasteiger partial charge >= 0.3 is 0 Å². The maximum Gasteiger partial charge on any atom is 0.262 e. The second kappa shape index (κ2) is 10.6. The van der Waals surface area contributed by atoms with Gasteiger partial charge in [0.25, 0.3) is 10.0 Å². The Morgan fingerprint density at radius 2 is 1.59 bits per heavy atom. The highest BCUT2D eigenvalue weighted by atomic mass is 32.2. The molecule has 6 nitrogen and oxygen atoms in total. The third-order valence-electron chi connectivity index (χ3n) is 4.67. The molecule has 0 radical (unpaired) electrons. The van der Waals surface area contributed by atoms with Gasteiger partial charge in [-0.2, -0.15) is 0 Å². The Morgan fingerprint density at radius 1 is 0.938 bits per heavy atom. The number of hydrogen-bond acceptors (Lipinski definition) is 5. The van der Waals surface area contributed by atoms with E-state index in [4.69, 9.17) is 4.74 Å². The van der Waals surface area contributed by atoms with Crippen LogP contribution in [0.1, 0.15) is 16.7 Å². The van der Waals surface area contributed by atoms with E-state index in [9.17, 15) is 13.2 Å². The Morgan fingerprint density at radius 3 is 2.25 bits per heavy atom. The van der Waals surface area contributed by atoms with Crippen molar-refractivity contribution in [3.63, 3.8) is 0 Å². The fraction of sp³-hybridized carbons (Fsp3) is 0.208. The van der Waals surface area contributed by atoms with E-state index < -0.39 is 10.0 Å². The molecule has 32 heavy (non-hydrogen) atoms. The Balaban J connectivity index is 1.57. The molecule has 0 bridgehead atoms. The number of carbonyl (C=O) groups is 1. The van der Waals surface area contributed by atoms with Gasteiger partial charge in [-0.25, -0.2) is 8.42 Å². The summed E-state index contributed by atoms with van der Waals surface area (Å²) in [5.74, 6) is 1.35. The third-order valence-corrected chi connectivity index (χ3v) is 7.06. The van der Waals surface area contributed by atoms with Crippen LogP contribution in [0.5, 0.6) is 5.75 Å². The average molecular weight is 471 g/mol. The zero-order chi connectivity index (χ0) is 23.1. The summed E-state index contributed by atoms with van der Waals surface area (Å²) in [7, 11) is -2.32. The van der Waals surface area contributed by atoms with Gasteiger partial charge in [-0.3, -0.25) is 9.52 Å². The van der Waals surface area contributed by atoms with Gasteiger partial charge in [-0.1, -0.05) is 35.9 Å². The molecule has 0 unspecified atom stereocenters. The molecular weight excluding hydrogens is 444 g/mol. The summed E-state index contributed by atoms with van der Waals surface area (Å²) < 4.78 is 33.3. The molecule has 3 rings (SSSR count). The molecule has 0 fully saturated rings. The van der Waals surface area contributed by atoms with Gasteiger partial charge in [-0.15, -0.1) is 11.8 Å². The zero-order valence-electron chi connectivity index (χ0n) is 18.2. The lowest BCUT2D eigenvalue weighted by molar-refractivity contribution is -0.113. The minimum absolute atomic E-state index is 0.0906. The lowest BCUT2D eigenvalue weighted by atomic mass is 10.2. The molecule has 0 aromatic heterocycles. The van der Waals surface area contributed by atoms with Gasteiger partial charge in [0.2, 0.25) is 5.91 Å². The van der Waals surface area contributed by atoms with E-state index in [1.54, 1.807) is 24.3 Å². The molecule has 0 heterocycles. The summed E-state index contributed by atoms with van der Waals surface area (Å²) in [6, 6.07) is 19.5. The van der Waals surface area contributed by atoms with E-state index in [1.807, 2.05) is 19.9 Å². The molecular formula is C24H26N2O4S2. The highest BCUT2D eigenvalue weighted by Crippen LogP contribution is 2.28. The highest BCUT2D eigenvalue weighted by molar-refractivity contribution is 7.99. The number of rotatable bonds is 9. The highest BCUT2D eigenvalue weighted by Gasteiger charge is 2.17. The van der Waals surface area contributed by atoms with Crippen LogP contribution in [-0.4, -0.2) is 27.2 Å². The summed E-state index contributed by atoms with van der Waals surface area (Å²) in [5, 5.41) is 2.80. The van der Waals surface area contributed by atoms with Crippen molar-refractivity contribution in [1.29, 1.82) is 0 Å². The minimum atomic E-state index is -3.80. The number of nitrogens with one attached hydrogen (secondary N) is 2. The van der Waals surface area contributed by atoms with Crippen LogP contribution in [0.25, 0.3) is 0 Å². The average Bonchev–Trinajstić information content (AvgIpc) is 2.75. The van der Waals surface area contributed by atoms with E-state index in [0.29, 0.717) is 22.9 Å². The molecule has 0 spiro atoms. The number of benzene rings is 3. The maximum atomic E-state index is 12.8. The quantitative estimate of drug-likeness (QED) is 0.461.